The van der Waals surface area contributed by atoms with E-state index in [-0.39, 0.29) is 10.7 Å². The fraction of sp³-hybridized carbons (Fsp3) is 0.929. The van der Waals surface area contributed by atoms with E-state index >= 15 is 0 Å². The van der Waals surface area contributed by atoms with Crippen molar-refractivity contribution in [2.45, 2.75) is 60.8 Å². The Labute approximate surface area is 106 Å². The van der Waals surface area contributed by atoms with Gasteiger partial charge in [0.05, 0.1) is 0 Å². The van der Waals surface area contributed by atoms with Crippen LogP contribution in [0.25, 0.3) is 0 Å². The average molecular weight is 247 g/mol. The second-order valence-electron chi connectivity index (χ2n) is 6.37. The van der Waals surface area contributed by atoms with Crippen LogP contribution in [0.4, 0.5) is 0 Å². The van der Waals surface area contributed by atoms with E-state index in [2.05, 4.69) is 34.6 Å². The predicted octanol–water partition coefficient (Wildman–Crippen LogP) is 4.88. The third kappa shape index (κ3) is 5.89. The van der Waals surface area contributed by atoms with Crippen molar-refractivity contribution in [3.05, 3.63) is 0 Å². The van der Waals surface area contributed by atoms with Gasteiger partial charge in [0.1, 0.15) is 0 Å². The molecule has 2 atom stereocenters. The molecule has 0 bridgehead atoms. The zero-order valence-corrected chi connectivity index (χ0v) is 12.4. The molecule has 0 N–H and O–H groups in total. The summed E-state index contributed by atoms with van der Waals surface area (Å²) in [5, 5.41) is -0.170. The molecule has 0 aliphatic heterocycles. The summed E-state index contributed by atoms with van der Waals surface area (Å²) in [6.07, 6.45) is 2.96. The van der Waals surface area contributed by atoms with Gasteiger partial charge in [0.2, 0.25) is 5.24 Å². The summed E-state index contributed by atoms with van der Waals surface area (Å²) in [6, 6.07) is 0. The monoisotopic (exact) mass is 246 g/mol. The molecule has 0 spiro atoms. The van der Waals surface area contributed by atoms with E-state index in [1.54, 1.807) is 0 Å². The van der Waals surface area contributed by atoms with Crippen molar-refractivity contribution in [3.8, 4) is 0 Å². The molecular formula is C14H27ClO. The van der Waals surface area contributed by atoms with Crippen molar-refractivity contribution in [1.82, 2.24) is 0 Å². The molecule has 0 rings (SSSR count). The highest BCUT2D eigenvalue weighted by molar-refractivity contribution is 6.64. The van der Waals surface area contributed by atoms with Crippen LogP contribution in [0, 0.1) is 23.2 Å². The van der Waals surface area contributed by atoms with E-state index in [4.69, 9.17) is 11.6 Å². The topological polar surface area (TPSA) is 17.1 Å². The third-order valence-corrected chi connectivity index (χ3v) is 3.46. The van der Waals surface area contributed by atoms with E-state index in [0.717, 1.165) is 19.3 Å². The molecule has 16 heavy (non-hydrogen) atoms. The van der Waals surface area contributed by atoms with E-state index in [1.165, 1.54) is 0 Å². The summed E-state index contributed by atoms with van der Waals surface area (Å²) >= 11 is 5.77. The summed E-state index contributed by atoms with van der Waals surface area (Å²) in [4.78, 5) is 11.6. The van der Waals surface area contributed by atoms with Crippen molar-refractivity contribution in [2.75, 3.05) is 0 Å². The van der Waals surface area contributed by atoms with Crippen LogP contribution in [0.2, 0.25) is 0 Å². The highest BCUT2D eigenvalue weighted by Gasteiger charge is 2.34. The van der Waals surface area contributed by atoms with Gasteiger partial charge in [-0.2, -0.15) is 0 Å². The maximum Gasteiger partial charge on any atom is 0.227 e. The number of hydrogen-bond acceptors (Lipinski definition) is 1. The van der Waals surface area contributed by atoms with E-state index in [0.29, 0.717) is 17.8 Å². The minimum Gasteiger partial charge on any atom is -0.281 e. The molecule has 0 fully saturated rings. The molecule has 0 radical (unpaired) electrons. The lowest BCUT2D eigenvalue weighted by atomic mass is 9.75. The smallest absolute Gasteiger partial charge is 0.227 e. The maximum atomic E-state index is 11.6. The number of halogens is 1. The normalized spacial score (nSPS) is 17.6. The molecule has 0 aromatic heterocycles. The van der Waals surface area contributed by atoms with Crippen LogP contribution in [-0.2, 0) is 4.79 Å². The molecule has 0 aromatic carbocycles. The molecule has 96 valence electrons. The number of rotatable bonds is 7. The molecule has 0 saturated carbocycles. The molecule has 1 nitrogen and oxygen atoms in total. The summed E-state index contributed by atoms with van der Waals surface area (Å²) in [5.74, 6) is 1.76. The van der Waals surface area contributed by atoms with Crippen LogP contribution in [0.3, 0.4) is 0 Å². The van der Waals surface area contributed by atoms with Crippen molar-refractivity contribution in [1.29, 1.82) is 0 Å². The van der Waals surface area contributed by atoms with Gasteiger partial charge in [0.15, 0.2) is 0 Å². The Morgan fingerprint density at radius 3 is 1.88 bits per heavy atom. The number of carbonyl (C=O) groups is 1. The number of carbonyl (C=O) groups excluding carboxylic acids is 1. The second-order valence-corrected chi connectivity index (χ2v) is 6.71. The second kappa shape index (κ2) is 6.64. The minimum absolute atomic E-state index is 0.170. The fourth-order valence-electron chi connectivity index (χ4n) is 2.80. The van der Waals surface area contributed by atoms with E-state index in [9.17, 15) is 4.79 Å². The van der Waals surface area contributed by atoms with Gasteiger partial charge in [-0.1, -0.05) is 41.5 Å². The first-order chi connectivity index (χ1) is 7.17. The van der Waals surface area contributed by atoms with E-state index < -0.39 is 0 Å². The number of hydrogen-bond donors (Lipinski definition) is 0. The average Bonchev–Trinajstić information content (AvgIpc) is 1.98. The largest absolute Gasteiger partial charge is 0.281 e. The zero-order valence-electron chi connectivity index (χ0n) is 11.6. The molecule has 2 heteroatoms. The standard InChI is InChI=1S/C14H27ClO/c1-10(2)7-12(5)9-14(6,13(15)16)8-11(3)4/h10-12H,7-9H2,1-6H3. The molecule has 2 unspecified atom stereocenters. The van der Waals surface area contributed by atoms with Gasteiger partial charge in [-0.05, 0) is 48.6 Å². The Bertz CT molecular complexity index is 223. The first kappa shape index (κ1) is 16.0. The van der Waals surface area contributed by atoms with Crippen LogP contribution < -0.4 is 0 Å². The molecule has 0 saturated heterocycles. The molecule has 0 heterocycles. The molecule has 0 amide bonds. The third-order valence-electron chi connectivity index (χ3n) is 3.01. The Morgan fingerprint density at radius 1 is 1.06 bits per heavy atom. The van der Waals surface area contributed by atoms with Crippen LogP contribution >= 0.6 is 11.6 Å². The lowest BCUT2D eigenvalue weighted by molar-refractivity contribution is -0.121. The molecular weight excluding hydrogens is 220 g/mol. The highest BCUT2D eigenvalue weighted by Crippen LogP contribution is 2.37. The quantitative estimate of drug-likeness (QED) is 0.586. The predicted molar refractivity (Wildman–Crippen MR) is 71.7 cm³/mol. The van der Waals surface area contributed by atoms with Gasteiger partial charge in [0, 0.05) is 5.41 Å². The van der Waals surface area contributed by atoms with Gasteiger partial charge in [-0.25, -0.2) is 0 Å². The Balaban J connectivity index is 4.49. The lowest BCUT2D eigenvalue weighted by Crippen LogP contribution is -2.28. The van der Waals surface area contributed by atoms with Crippen LogP contribution in [0.5, 0.6) is 0 Å². The van der Waals surface area contributed by atoms with Crippen molar-refractivity contribution < 1.29 is 4.79 Å². The molecule has 0 aliphatic rings. The first-order valence-corrected chi connectivity index (χ1v) is 6.75. The Kier molecular flexibility index (Phi) is 6.62. The summed E-state index contributed by atoms with van der Waals surface area (Å²) in [6.45, 7) is 13.0. The molecule has 0 aromatic rings. The van der Waals surface area contributed by atoms with Crippen molar-refractivity contribution >= 4 is 16.8 Å². The Hall–Kier alpha value is -0.0400. The summed E-state index contributed by atoms with van der Waals surface area (Å²) < 4.78 is 0. The maximum absolute atomic E-state index is 11.6. The van der Waals surface area contributed by atoms with Gasteiger partial charge in [-0.3, -0.25) is 4.79 Å². The SMILES string of the molecule is CC(C)CC(C)CC(C)(CC(C)C)C(=O)Cl. The van der Waals surface area contributed by atoms with E-state index in [1.807, 2.05) is 6.92 Å². The van der Waals surface area contributed by atoms with Gasteiger partial charge < -0.3 is 0 Å². The van der Waals surface area contributed by atoms with Crippen LogP contribution in [-0.4, -0.2) is 5.24 Å². The van der Waals surface area contributed by atoms with Gasteiger partial charge in [-0.15, -0.1) is 0 Å². The minimum atomic E-state index is -0.343. The summed E-state index contributed by atoms with van der Waals surface area (Å²) in [7, 11) is 0. The fourth-order valence-corrected chi connectivity index (χ4v) is 2.96. The Morgan fingerprint density at radius 2 is 1.56 bits per heavy atom. The molecule has 0 aliphatic carbocycles. The zero-order chi connectivity index (χ0) is 12.9. The van der Waals surface area contributed by atoms with Crippen molar-refractivity contribution in [3.63, 3.8) is 0 Å². The van der Waals surface area contributed by atoms with Gasteiger partial charge >= 0.3 is 0 Å². The summed E-state index contributed by atoms with van der Waals surface area (Å²) in [5.41, 5.74) is -0.343. The van der Waals surface area contributed by atoms with Crippen molar-refractivity contribution in [2.24, 2.45) is 23.2 Å². The van der Waals surface area contributed by atoms with Gasteiger partial charge in [0.25, 0.3) is 0 Å². The first-order valence-electron chi connectivity index (χ1n) is 6.37. The van der Waals surface area contributed by atoms with Crippen LogP contribution in [0.15, 0.2) is 0 Å². The lowest BCUT2D eigenvalue weighted by Gasteiger charge is -2.30. The highest BCUT2D eigenvalue weighted by atomic mass is 35.5. The van der Waals surface area contributed by atoms with Crippen LogP contribution in [0.1, 0.15) is 60.8 Å².